The molecule has 0 aliphatic carbocycles. The van der Waals surface area contributed by atoms with Gasteiger partial charge in [0.25, 0.3) is 0 Å². The molecule has 0 aromatic heterocycles. The third-order valence-corrected chi connectivity index (χ3v) is 3.70. The van der Waals surface area contributed by atoms with Gasteiger partial charge in [0.05, 0.1) is 12.3 Å². The number of carbonyl (C=O) groups excluding carboxylic acids is 1. The number of hydrogen-bond donors (Lipinski definition) is 1. The Labute approximate surface area is 138 Å². The first-order chi connectivity index (χ1) is 10.9. The summed E-state index contributed by atoms with van der Waals surface area (Å²) in [6, 6.07) is 5.77. The van der Waals surface area contributed by atoms with Crippen molar-refractivity contribution < 1.29 is 19.4 Å². The van der Waals surface area contributed by atoms with Crippen molar-refractivity contribution in [1.82, 2.24) is 0 Å². The number of fused-ring (bicyclic) bond motifs is 1. The summed E-state index contributed by atoms with van der Waals surface area (Å²) >= 11 is 0. The normalized spacial score (nSPS) is 17.1. The molecule has 5 heteroatoms. The van der Waals surface area contributed by atoms with E-state index in [-0.39, 0.29) is 18.6 Å². The van der Waals surface area contributed by atoms with Crippen LogP contribution >= 0.6 is 0 Å². The van der Waals surface area contributed by atoms with Crippen molar-refractivity contribution >= 4 is 11.8 Å². The molecule has 2 rings (SSSR count). The van der Waals surface area contributed by atoms with Gasteiger partial charge in [-0.1, -0.05) is 6.92 Å². The molecule has 1 N–H and O–H groups in total. The number of benzene rings is 1. The fourth-order valence-electron chi connectivity index (χ4n) is 2.72. The molecule has 1 aromatic rings. The van der Waals surface area contributed by atoms with E-state index < -0.39 is 5.60 Å². The highest BCUT2D eigenvalue weighted by molar-refractivity contribution is 5.91. The number of hydrogen-bond acceptors (Lipinski definition) is 4. The molecular weight excluding hydrogens is 294 g/mol. The molecule has 1 aliphatic rings. The molecule has 1 aromatic carbocycles. The molecule has 0 fully saturated rings. The van der Waals surface area contributed by atoms with Crippen LogP contribution in [0.5, 0.6) is 5.75 Å². The molecule has 0 saturated heterocycles. The van der Waals surface area contributed by atoms with Crippen LogP contribution in [-0.2, 0) is 4.74 Å². The summed E-state index contributed by atoms with van der Waals surface area (Å²) in [7, 11) is 0. The molecule has 128 valence electrons. The number of anilines is 1. The van der Waals surface area contributed by atoms with Gasteiger partial charge in [0.2, 0.25) is 0 Å². The van der Waals surface area contributed by atoms with E-state index in [9.17, 15) is 9.90 Å². The third-order valence-electron chi connectivity index (χ3n) is 3.70. The van der Waals surface area contributed by atoms with E-state index in [0.717, 1.165) is 23.4 Å². The zero-order valence-corrected chi connectivity index (χ0v) is 14.5. The summed E-state index contributed by atoms with van der Waals surface area (Å²) < 4.78 is 11.2. The Bertz CT molecular complexity index is 550. The molecule has 23 heavy (non-hydrogen) atoms. The largest absolute Gasteiger partial charge is 0.494 e. The maximum atomic E-state index is 12.4. The average Bonchev–Trinajstić information content (AvgIpc) is 2.82. The van der Waals surface area contributed by atoms with Gasteiger partial charge in [0.1, 0.15) is 11.4 Å². The van der Waals surface area contributed by atoms with Crippen LogP contribution in [0.15, 0.2) is 18.2 Å². The highest BCUT2D eigenvalue weighted by Crippen LogP contribution is 2.40. The van der Waals surface area contributed by atoms with Crippen molar-refractivity contribution in [2.24, 2.45) is 0 Å². The van der Waals surface area contributed by atoms with Crippen LogP contribution in [0.1, 0.15) is 52.0 Å². The first kappa shape index (κ1) is 17.6. The van der Waals surface area contributed by atoms with Gasteiger partial charge in [-0.15, -0.1) is 0 Å². The summed E-state index contributed by atoms with van der Waals surface area (Å²) in [6.45, 7) is 8.91. The van der Waals surface area contributed by atoms with E-state index in [4.69, 9.17) is 9.47 Å². The molecule has 1 amide bonds. The van der Waals surface area contributed by atoms with E-state index in [1.54, 1.807) is 4.90 Å². The monoisotopic (exact) mass is 321 g/mol. The summed E-state index contributed by atoms with van der Waals surface area (Å²) in [6.07, 6.45) is 1.21. The molecule has 5 nitrogen and oxygen atoms in total. The lowest BCUT2D eigenvalue weighted by Crippen LogP contribution is -2.36. The lowest BCUT2D eigenvalue weighted by Gasteiger charge is -2.25. The summed E-state index contributed by atoms with van der Waals surface area (Å²) in [5.74, 6) is 0.910. The number of aliphatic hydroxyl groups excluding tert-OH is 1. The maximum Gasteiger partial charge on any atom is 0.414 e. The SMILES string of the molecule is CCCOc1ccc2c(c1)C(CCO)CN2C(=O)OC(C)(C)C. The van der Waals surface area contributed by atoms with Crippen LogP contribution in [0.4, 0.5) is 10.5 Å². The fraction of sp³-hybridized carbons (Fsp3) is 0.611. The number of nitrogens with zero attached hydrogens (tertiary/aromatic N) is 1. The number of rotatable bonds is 5. The van der Waals surface area contributed by atoms with E-state index in [1.807, 2.05) is 39.0 Å². The molecular formula is C18H27NO4. The van der Waals surface area contributed by atoms with Gasteiger partial charge >= 0.3 is 6.09 Å². The van der Waals surface area contributed by atoms with Crippen LogP contribution in [0.2, 0.25) is 0 Å². The smallest absolute Gasteiger partial charge is 0.414 e. The van der Waals surface area contributed by atoms with Crippen molar-refractivity contribution in [1.29, 1.82) is 0 Å². The van der Waals surface area contributed by atoms with Gasteiger partial charge in [0, 0.05) is 19.1 Å². The van der Waals surface area contributed by atoms with Gasteiger partial charge in [0.15, 0.2) is 0 Å². The predicted octanol–water partition coefficient (Wildman–Crippen LogP) is 3.70. The maximum absolute atomic E-state index is 12.4. The minimum atomic E-state index is -0.531. The van der Waals surface area contributed by atoms with Crippen LogP contribution in [0.3, 0.4) is 0 Å². The average molecular weight is 321 g/mol. The molecule has 1 unspecified atom stereocenters. The second kappa shape index (κ2) is 7.21. The highest BCUT2D eigenvalue weighted by atomic mass is 16.6. The Balaban J connectivity index is 2.25. The van der Waals surface area contributed by atoms with E-state index in [1.165, 1.54) is 0 Å². The van der Waals surface area contributed by atoms with Gasteiger partial charge < -0.3 is 14.6 Å². The fourth-order valence-corrected chi connectivity index (χ4v) is 2.72. The Hall–Kier alpha value is -1.75. The van der Waals surface area contributed by atoms with Gasteiger partial charge in [-0.05, 0) is 57.4 Å². The molecule has 1 heterocycles. The quantitative estimate of drug-likeness (QED) is 0.898. The first-order valence-corrected chi connectivity index (χ1v) is 8.24. The van der Waals surface area contributed by atoms with Gasteiger partial charge in [-0.25, -0.2) is 4.79 Å². The second-order valence-corrected chi connectivity index (χ2v) is 6.87. The number of ether oxygens (including phenoxy) is 2. The second-order valence-electron chi connectivity index (χ2n) is 6.87. The van der Waals surface area contributed by atoms with Crippen LogP contribution in [0.25, 0.3) is 0 Å². The van der Waals surface area contributed by atoms with Crippen molar-refractivity contribution in [3.63, 3.8) is 0 Å². The highest BCUT2D eigenvalue weighted by Gasteiger charge is 2.34. The zero-order valence-electron chi connectivity index (χ0n) is 14.5. The van der Waals surface area contributed by atoms with Crippen molar-refractivity contribution in [2.45, 2.75) is 52.1 Å². The number of carbonyl (C=O) groups is 1. The molecule has 0 radical (unpaired) electrons. The minimum Gasteiger partial charge on any atom is -0.494 e. The Morgan fingerprint density at radius 3 is 2.74 bits per heavy atom. The zero-order chi connectivity index (χ0) is 17.0. The summed E-state index contributed by atoms with van der Waals surface area (Å²) in [5, 5.41) is 9.31. The van der Waals surface area contributed by atoms with Gasteiger partial charge in [-0.2, -0.15) is 0 Å². The predicted molar refractivity (Wildman–Crippen MR) is 90.3 cm³/mol. The lowest BCUT2D eigenvalue weighted by molar-refractivity contribution is 0.0581. The van der Waals surface area contributed by atoms with Crippen LogP contribution in [0, 0.1) is 0 Å². The summed E-state index contributed by atoms with van der Waals surface area (Å²) in [4.78, 5) is 14.1. The topological polar surface area (TPSA) is 59.0 Å². The van der Waals surface area contributed by atoms with Crippen molar-refractivity contribution in [2.75, 3.05) is 24.7 Å². The Morgan fingerprint density at radius 1 is 1.39 bits per heavy atom. The number of aliphatic hydroxyl groups is 1. The molecule has 1 atom stereocenters. The minimum absolute atomic E-state index is 0.0896. The molecule has 1 aliphatic heterocycles. The standard InChI is InChI=1S/C18H27NO4/c1-5-10-22-14-6-7-16-15(11-14)13(8-9-20)12-19(16)17(21)23-18(2,3)4/h6-7,11,13,20H,5,8-10,12H2,1-4H3. The third kappa shape index (κ3) is 4.38. The Kier molecular flexibility index (Phi) is 5.52. The lowest BCUT2D eigenvalue weighted by atomic mass is 9.98. The van der Waals surface area contributed by atoms with Crippen LogP contribution < -0.4 is 9.64 Å². The van der Waals surface area contributed by atoms with Crippen molar-refractivity contribution in [3.05, 3.63) is 23.8 Å². The van der Waals surface area contributed by atoms with Gasteiger partial charge in [-0.3, -0.25) is 4.90 Å². The summed E-state index contributed by atoms with van der Waals surface area (Å²) in [5.41, 5.74) is 1.36. The van der Waals surface area contributed by atoms with E-state index in [2.05, 4.69) is 6.92 Å². The molecule has 0 saturated carbocycles. The number of amides is 1. The first-order valence-electron chi connectivity index (χ1n) is 8.24. The van der Waals surface area contributed by atoms with Crippen LogP contribution in [-0.4, -0.2) is 36.6 Å². The Morgan fingerprint density at radius 2 is 2.13 bits per heavy atom. The van der Waals surface area contributed by atoms with E-state index in [0.29, 0.717) is 19.6 Å². The van der Waals surface area contributed by atoms with Crippen molar-refractivity contribution in [3.8, 4) is 5.75 Å². The van der Waals surface area contributed by atoms with E-state index >= 15 is 0 Å². The molecule has 0 spiro atoms. The molecule has 0 bridgehead atoms.